The molecule has 0 amide bonds. The molecule has 0 spiro atoms. The molecule has 0 bridgehead atoms. The van der Waals surface area contributed by atoms with Gasteiger partial charge in [0.25, 0.3) is 0 Å². The van der Waals surface area contributed by atoms with Crippen LogP contribution in [0, 0.1) is 0 Å². The van der Waals surface area contributed by atoms with E-state index in [1.54, 1.807) is 18.0 Å². The first kappa shape index (κ1) is 13.0. The first-order chi connectivity index (χ1) is 8.47. The monoisotopic (exact) mass is 258 g/mol. The molecule has 2 nitrogen and oxygen atoms in total. The Kier molecular flexibility index (Phi) is 3.62. The molecule has 0 aliphatic carbocycles. The average molecular weight is 258 g/mol. The minimum atomic E-state index is 0.188. The third-order valence-electron chi connectivity index (χ3n) is 2.74. The fourth-order valence-electron chi connectivity index (χ4n) is 1.62. The molecule has 2 aromatic rings. The lowest BCUT2D eigenvalue weighted by Gasteiger charge is -2.19. The molecule has 1 aromatic heterocycles. The number of nitrogen functional groups attached to an aromatic ring is 1. The molecule has 2 N–H and O–H groups in total. The first-order valence-electron chi connectivity index (χ1n) is 5.96. The zero-order valence-electron chi connectivity index (χ0n) is 11.0. The van der Waals surface area contributed by atoms with Gasteiger partial charge in [0.2, 0.25) is 0 Å². The molecule has 0 saturated carbocycles. The van der Waals surface area contributed by atoms with Gasteiger partial charge in [-0.3, -0.25) is 0 Å². The first-order valence-corrected chi connectivity index (χ1v) is 6.77. The predicted octanol–water partition coefficient (Wildman–Crippen LogP) is 4.11. The summed E-state index contributed by atoms with van der Waals surface area (Å²) in [5.41, 5.74) is 8.13. The van der Waals surface area contributed by atoms with Crippen LogP contribution in [0.5, 0.6) is 0 Å². The van der Waals surface area contributed by atoms with Crippen LogP contribution in [0.2, 0.25) is 0 Å². The lowest BCUT2D eigenvalue weighted by molar-refractivity contribution is 0.590. The Labute approximate surface area is 113 Å². The Morgan fingerprint density at radius 1 is 1.06 bits per heavy atom. The summed E-state index contributed by atoms with van der Waals surface area (Å²) in [5.74, 6) is 0. The van der Waals surface area contributed by atoms with Crippen molar-refractivity contribution >= 4 is 17.4 Å². The molecule has 94 valence electrons. The van der Waals surface area contributed by atoms with Crippen LogP contribution in [0.3, 0.4) is 0 Å². The van der Waals surface area contributed by atoms with E-state index in [9.17, 15) is 0 Å². The number of nitrogens with zero attached hydrogens (tertiary/aromatic N) is 1. The van der Waals surface area contributed by atoms with Gasteiger partial charge in [-0.25, -0.2) is 4.98 Å². The molecule has 2 rings (SSSR count). The molecule has 0 radical (unpaired) electrons. The van der Waals surface area contributed by atoms with Gasteiger partial charge in [0.1, 0.15) is 5.03 Å². The van der Waals surface area contributed by atoms with Gasteiger partial charge in [0, 0.05) is 11.1 Å². The van der Waals surface area contributed by atoms with E-state index >= 15 is 0 Å². The lowest BCUT2D eigenvalue weighted by Crippen LogP contribution is -2.10. The van der Waals surface area contributed by atoms with Crippen LogP contribution in [0.4, 0.5) is 5.69 Å². The Morgan fingerprint density at radius 3 is 2.28 bits per heavy atom. The Morgan fingerprint density at radius 2 is 1.72 bits per heavy atom. The van der Waals surface area contributed by atoms with Gasteiger partial charge in [-0.1, -0.05) is 44.7 Å². The Hall–Kier alpha value is -1.48. The van der Waals surface area contributed by atoms with Crippen molar-refractivity contribution in [1.82, 2.24) is 4.98 Å². The maximum atomic E-state index is 5.88. The number of aromatic nitrogens is 1. The zero-order valence-corrected chi connectivity index (χ0v) is 11.8. The van der Waals surface area contributed by atoms with Crippen molar-refractivity contribution in [3.8, 4) is 0 Å². The molecule has 1 aromatic carbocycles. The smallest absolute Gasteiger partial charge is 0.124 e. The SMILES string of the molecule is CC(C)(C)c1ccc(Sc2ncccc2N)cc1. The zero-order chi connectivity index (χ0) is 13.2. The van der Waals surface area contributed by atoms with Crippen LogP contribution < -0.4 is 5.73 Å². The van der Waals surface area contributed by atoms with E-state index in [1.807, 2.05) is 12.1 Å². The van der Waals surface area contributed by atoms with E-state index in [4.69, 9.17) is 5.73 Å². The third-order valence-corrected chi connectivity index (χ3v) is 3.78. The van der Waals surface area contributed by atoms with E-state index in [-0.39, 0.29) is 5.41 Å². The van der Waals surface area contributed by atoms with Crippen molar-refractivity contribution in [3.63, 3.8) is 0 Å². The number of hydrogen-bond donors (Lipinski definition) is 1. The van der Waals surface area contributed by atoms with Gasteiger partial charge in [-0.15, -0.1) is 0 Å². The highest BCUT2D eigenvalue weighted by atomic mass is 32.2. The van der Waals surface area contributed by atoms with Crippen molar-refractivity contribution < 1.29 is 0 Å². The molecular formula is C15H18N2S. The summed E-state index contributed by atoms with van der Waals surface area (Å²) in [6.45, 7) is 6.64. The van der Waals surface area contributed by atoms with E-state index < -0.39 is 0 Å². The van der Waals surface area contributed by atoms with Crippen LogP contribution in [0.1, 0.15) is 26.3 Å². The summed E-state index contributed by atoms with van der Waals surface area (Å²) in [5, 5.41) is 0.862. The second-order valence-corrected chi connectivity index (χ2v) is 6.34. The van der Waals surface area contributed by atoms with E-state index in [0.717, 1.165) is 15.6 Å². The summed E-state index contributed by atoms with van der Waals surface area (Å²) in [7, 11) is 0. The summed E-state index contributed by atoms with van der Waals surface area (Å²) in [6, 6.07) is 12.3. The van der Waals surface area contributed by atoms with Gasteiger partial charge in [-0.2, -0.15) is 0 Å². The molecule has 0 aliphatic heterocycles. The fourth-order valence-corrected chi connectivity index (χ4v) is 2.42. The number of hydrogen-bond acceptors (Lipinski definition) is 3. The van der Waals surface area contributed by atoms with Crippen LogP contribution in [-0.4, -0.2) is 4.98 Å². The molecule has 0 saturated heterocycles. The summed E-state index contributed by atoms with van der Waals surface area (Å²) in [4.78, 5) is 5.44. The summed E-state index contributed by atoms with van der Waals surface area (Å²) in [6.07, 6.45) is 1.77. The quantitative estimate of drug-likeness (QED) is 0.881. The minimum absolute atomic E-state index is 0.188. The number of rotatable bonds is 2. The number of pyridine rings is 1. The van der Waals surface area contributed by atoms with Crippen molar-refractivity contribution in [1.29, 1.82) is 0 Å². The van der Waals surface area contributed by atoms with Crippen molar-refractivity contribution in [2.75, 3.05) is 5.73 Å². The van der Waals surface area contributed by atoms with Gasteiger partial charge in [0.15, 0.2) is 0 Å². The lowest BCUT2D eigenvalue weighted by atomic mass is 9.87. The molecule has 0 aliphatic rings. The van der Waals surface area contributed by atoms with Crippen molar-refractivity contribution in [3.05, 3.63) is 48.2 Å². The number of nitrogens with two attached hydrogens (primary N) is 1. The van der Waals surface area contributed by atoms with E-state index in [1.165, 1.54) is 5.56 Å². The van der Waals surface area contributed by atoms with Gasteiger partial charge in [0.05, 0.1) is 5.69 Å². The molecule has 0 unspecified atom stereocenters. The van der Waals surface area contributed by atoms with Gasteiger partial charge in [-0.05, 0) is 35.2 Å². The van der Waals surface area contributed by atoms with E-state index in [0.29, 0.717) is 0 Å². The fraction of sp³-hybridized carbons (Fsp3) is 0.267. The van der Waals surface area contributed by atoms with Gasteiger partial charge < -0.3 is 5.73 Å². The van der Waals surface area contributed by atoms with Crippen LogP contribution in [0.15, 0.2) is 52.5 Å². The van der Waals surface area contributed by atoms with Crippen LogP contribution in [-0.2, 0) is 5.41 Å². The largest absolute Gasteiger partial charge is 0.397 e. The third kappa shape index (κ3) is 3.05. The highest BCUT2D eigenvalue weighted by Crippen LogP contribution is 2.31. The topological polar surface area (TPSA) is 38.9 Å². The molecule has 0 atom stereocenters. The highest BCUT2D eigenvalue weighted by molar-refractivity contribution is 7.99. The molecule has 3 heteroatoms. The average Bonchev–Trinajstić information content (AvgIpc) is 2.32. The second kappa shape index (κ2) is 5.02. The Bertz CT molecular complexity index is 527. The van der Waals surface area contributed by atoms with E-state index in [2.05, 4.69) is 50.0 Å². The maximum absolute atomic E-state index is 5.88. The highest BCUT2D eigenvalue weighted by Gasteiger charge is 2.13. The molecule has 0 fully saturated rings. The maximum Gasteiger partial charge on any atom is 0.124 e. The van der Waals surface area contributed by atoms with Crippen LogP contribution >= 0.6 is 11.8 Å². The molecule has 1 heterocycles. The van der Waals surface area contributed by atoms with Crippen molar-refractivity contribution in [2.24, 2.45) is 0 Å². The summed E-state index contributed by atoms with van der Waals surface area (Å²) >= 11 is 1.60. The predicted molar refractivity (Wildman–Crippen MR) is 77.9 cm³/mol. The van der Waals surface area contributed by atoms with Crippen molar-refractivity contribution in [2.45, 2.75) is 36.1 Å². The molecule has 18 heavy (non-hydrogen) atoms. The standard InChI is InChI=1S/C15H18N2S/c1-15(2,3)11-6-8-12(9-7-11)18-14-13(16)5-4-10-17-14/h4-10H,16H2,1-3H3. The van der Waals surface area contributed by atoms with Gasteiger partial charge >= 0.3 is 0 Å². The van der Waals surface area contributed by atoms with Crippen LogP contribution in [0.25, 0.3) is 0 Å². The number of anilines is 1. The normalized spacial score (nSPS) is 11.5. The summed E-state index contributed by atoms with van der Waals surface area (Å²) < 4.78 is 0. The Balaban J connectivity index is 2.19. The molecular weight excluding hydrogens is 240 g/mol. The minimum Gasteiger partial charge on any atom is -0.397 e. The number of benzene rings is 1. The second-order valence-electron chi connectivity index (χ2n) is 5.27.